The summed E-state index contributed by atoms with van der Waals surface area (Å²) >= 11 is 0. The maximum atomic E-state index is 12.5. The second kappa shape index (κ2) is 13.1. The van der Waals surface area contributed by atoms with Crippen LogP contribution in [-0.4, -0.2) is 45.9 Å². The molecule has 2 N–H and O–H groups in total. The molecule has 0 bridgehead atoms. The van der Waals surface area contributed by atoms with Gasteiger partial charge in [0, 0.05) is 12.8 Å². The molecular formula is C28H42O8. The lowest BCUT2D eigenvalue weighted by atomic mass is 9.87. The highest BCUT2D eigenvalue weighted by Crippen LogP contribution is 2.32. The van der Waals surface area contributed by atoms with Gasteiger partial charge in [-0.15, -0.1) is 0 Å². The van der Waals surface area contributed by atoms with Gasteiger partial charge in [0.1, 0.15) is 34.9 Å². The molecule has 0 radical (unpaired) electrons. The van der Waals surface area contributed by atoms with E-state index >= 15 is 0 Å². The fraction of sp³-hybridized carbons (Fsp3) is 0.714. The molecule has 36 heavy (non-hydrogen) atoms. The lowest BCUT2D eigenvalue weighted by Crippen LogP contribution is -2.39. The van der Waals surface area contributed by atoms with Crippen LogP contribution < -0.4 is 0 Å². The van der Waals surface area contributed by atoms with Crippen LogP contribution in [0.1, 0.15) is 92.9 Å². The summed E-state index contributed by atoms with van der Waals surface area (Å²) in [5.74, 6) is -3.33. The molecule has 0 aromatic heterocycles. The SMILES string of the molecule is CC(C)[C@H]1OC(=O)C(C(=O)CCCCCCCCC(=O)C2=C(O)C(C)[C@@H](C(C)C)OC2=O)=C(O)C1C. The summed E-state index contributed by atoms with van der Waals surface area (Å²) in [6.45, 7) is 11.1. The highest BCUT2D eigenvalue weighted by atomic mass is 16.6. The molecular weight excluding hydrogens is 464 g/mol. The number of rotatable bonds is 13. The van der Waals surface area contributed by atoms with E-state index in [1.165, 1.54) is 0 Å². The van der Waals surface area contributed by atoms with Crippen molar-refractivity contribution in [3.63, 3.8) is 0 Å². The number of aliphatic hydroxyl groups is 2. The van der Waals surface area contributed by atoms with Crippen LogP contribution in [0.15, 0.2) is 22.7 Å². The average Bonchev–Trinajstić information content (AvgIpc) is 2.80. The van der Waals surface area contributed by atoms with Crippen LogP contribution in [0.4, 0.5) is 0 Å². The third-order valence-corrected chi connectivity index (χ3v) is 7.18. The highest BCUT2D eigenvalue weighted by molar-refractivity contribution is 6.18. The third kappa shape index (κ3) is 6.98. The van der Waals surface area contributed by atoms with E-state index in [9.17, 15) is 29.4 Å². The molecule has 2 unspecified atom stereocenters. The molecule has 0 fully saturated rings. The Morgan fingerprint density at radius 2 is 0.972 bits per heavy atom. The number of Topliss-reactive ketones (excluding diaryl/α,β-unsaturated/α-hetero) is 2. The Kier molecular flexibility index (Phi) is 10.7. The molecule has 0 saturated carbocycles. The van der Waals surface area contributed by atoms with E-state index in [2.05, 4.69) is 0 Å². The van der Waals surface area contributed by atoms with Crippen molar-refractivity contribution >= 4 is 23.5 Å². The van der Waals surface area contributed by atoms with Gasteiger partial charge in [0.05, 0.1) is 11.8 Å². The molecule has 0 amide bonds. The predicted molar refractivity (Wildman–Crippen MR) is 134 cm³/mol. The number of esters is 2. The monoisotopic (exact) mass is 506 g/mol. The van der Waals surface area contributed by atoms with Gasteiger partial charge in [-0.1, -0.05) is 67.2 Å². The fourth-order valence-corrected chi connectivity index (χ4v) is 5.01. The summed E-state index contributed by atoms with van der Waals surface area (Å²) in [6, 6.07) is 0. The number of hydrogen-bond acceptors (Lipinski definition) is 8. The zero-order valence-corrected chi connectivity index (χ0v) is 22.5. The highest BCUT2D eigenvalue weighted by Gasteiger charge is 2.40. The first-order valence-corrected chi connectivity index (χ1v) is 13.2. The summed E-state index contributed by atoms with van der Waals surface area (Å²) in [6.07, 6.45) is 3.89. The molecule has 2 aliphatic heterocycles. The van der Waals surface area contributed by atoms with Crippen LogP contribution in [0.3, 0.4) is 0 Å². The minimum atomic E-state index is -0.740. The van der Waals surface area contributed by atoms with Crippen molar-refractivity contribution in [2.45, 2.75) is 105 Å². The largest absolute Gasteiger partial charge is 0.511 e. The molecule has 8 heteroatoms. The van der Waals surface area contributed by atoms with E-state index in [1.54, 1.807) is 13.8 Å². The number of carbonyl (C=O) groups excluding carboxylic acids is 4. The summed E-state index contributed by atoms with van der Waals surface area (Å²) < 4.78 is 10.8. The summed E-state index contributed by atoms with van der Waals surface area (Å²) in [4.78, 5) is 49.5. The van der Waals surface area contributed by atoms with Crippen molar-refractivity contribution in [3.05, 3.63) is 22.7 Å². The van der Waals surface area contributed by atoms with E-state index < -0.39 is 47.5 Å². The van der Waals surface area contributed by atoms with Crippen molar-refractivity contribution in [1.29, 1.82) is 0 Å². The summed E-state index contributed by atoms with van der Waals surface area (Å²) in [7, 11) is 0. The van der Waals surface area contributed by atoms with E-state index in [1.807, 2.05) is 27.7 Å². The Balaban J connectivity index is 1.71. The maximum Gasteiger partial charge on any atom is 0.345 e. The number of hydrogen-bond donors (Lipinski definition) is 2. The van der Waals surface area contributed by atoms with Gasteiger partial charge >= 0.3 is 11.9 Å². The number of ketones is 2. The number of unbranched alkanes of at least 4 members (excludes halogenated alkanes) is 5. The minimum absolute atomic E-state index is 0.0396. The van der Waals surface area contributed by atoms with E-state index in [4.69, 9.17) is 9.47 Å². The minimum Gasteiger partial charge on any atom is -0.511 e. The molecule has 2 rings (SSSR count). The number of cyclic esters (lactones) is 2. The lowest BCUT2D eigenvalue weighted by molar-refractivity contribution is -0.155. The number of carbonyl (C=O) groups is 4. The Labute approximate surface area is 214 Å². The molecule has 2 aliphatic rings. The fourth-order valence-electron chi connectivity index (χ4n) is 5.01. The van der Waals surface area contributed by atoms with Crippen molar-refractivity contribution in [2.75, 3.05) is 0 Å². The van der Waals surface area contributed by atoms with Gasteiger partial charge in [0.15, 0.2) is 11.6 Å². The Hall–Kier alpha value is -2.64. The quantitative estimate of drug-likeness (QED) is 0.196. The van der Waals surface area contributed by atoms with Gasteiger partial charge in [-0.05, 0) is 24.7 Å². The first-order valence-electron chi connectivity index (χ1n) is 13.2. The Morgan fingerprint density at radius 3 is 1.28 bits per heavy atom. The molecule has 0 aliphatic carbocycles. The van der Waals surface area contributed by atoms with E-state index in [0.29, 0.717) is 12.8 Å². The van der Waals surface area contributed by atoms with Gasteiger partial charge in [0.2, 0.25) is 0 Å². The molecule has 0 aromatic rings. The van der Waals surface area contributed by atoms with Crippen LogP contribution in [-0.2, 0) is 28.7 Å². The normalized spacial score (nSPS) is 24.9. The molecule has 0 spiro atoms. The van der Waals surface area contributed by atoms with Crippen LogP contribution in [0.2, 0.25) is 0 Å². The van der Waals surface area contributed by atoms with Crippen molar-refractivity contribution in [1.82, 2.24) is 0 Å². The molecule has 2 heterocycles. The second-order valence-corrected chi connectivity index (χ2v) is 10.8. The average molecular weight is 507 g/mol. The molecule has 202 valence electrons. The zero-order valence-electron chi connectivity index (χ0n) is 22.5. The smallest absolute Gasteiger partial charge is 0.345 e. The number of ether oxygens (including phenoxy) is 2. The second-order valence-electron chi connectivity index (χ2n) is 10.8. The lowest BCUT2D eigenvalue weighted by Gasteiger charge is -2.32. The van der Waals surface area contributed by atoms with Crippen LogP contribution in [0, 0.1) is 23.7 Å². The van der Waals surface area contributed by atoms with Crippen LogP contribution in [0.25, 0.3) is 0 Å². The maximum absolute atomic E-state index is 12.5. The standard InChI is InChI=1S/C28H42O8/c1-15(2)25-17(5)23(31)21(27(33)35-25)19(29)13-11-9-7-8-10-12-14-20(30)22-24(32)18(6)26(16(3)4)36-28(22)34/h15-18,25-26,31-32H,7-14H2,1-6H3/t17?,18?,25-,26-/m1/s1. The molecule has 8 nitrogen and oxygen atoms in total. The van der Waals surface area contributed by atoms with Crippen molar-refractivity contribution in [3.8, 4) is 0 Å². The Morgan fingerprint density at radius 1 is 0.667 bits per heavy atom. The zero-order chi connectivity index (χ0) is 27.2. The van der Waals surface area contributed by atoms with Gasteiger partial charge in [-0.3, -0.25) is 9.59 Å². The van der Waals surface area contributed by atoms with Crippen LogP contribution >= 0.6 is 0 Å². The molecule has 0 saturated heterocycles. The topological polar surface area (TPSA) is 127 Å². The summed E-state index contributed by atoms with van der Waals surface area (Å²) in [5, 5.41) is 20.8. The van der Waals surface area contributed by atoms with Crippen molar-refractivity contribution in [2.24, 2.45) is 23.7 Å². The van der Waals surface area contributed by atoms with Gasteiger partial charge < -0.3 is 19.7 Å². The van der Waals surface area contributed by atoms with Gasteiger partial charge in [-0.2, -0.15) is 0 Å². The van der Waals surface area contributed by atoms with Crippen LogP contribution in [0.5, 0.6) is 0 Å². The van der Waals surface area contributed by atoms with Crippen molar-refractivity contribution < 1.29 is 38.9 Å². The van der Waals surface area contributed by atoms with E-state index in [-0.39, 0.29) is 47.3 Å². The Bertz CT molecular complexity index is 837. The third-order valence-electron chi connectivity index (χ3n) is 7.18. The number of aliphatic hydroxyl groups excluding tert-OH is 2. The molecule has 4 atom stereocenters. The first kappa shape index (κ1) is 29.6. The molecule has 0 aromatic carbocycles. The summed E-state index contributed by atoms with van der Waals surface area (Å²) in [5.41, 5.74) is -0.434. The first-order chi connectivity index (χ1) is 16.9. The van der Waals surface area contributed by atoms with Gasteiger partial charge in [0.25, 0.3) is 0 Å². The van der Waals surface area contributed by atoms with E-state index in [0.717, 1.165) is 25.7 Å². The van der Waals surface area contributed by atoms with Gasteiger partial charge in [-0.25, -0.2) is 9.59 Å². The predicted octanol–water partition coefficient (Wildman–Crippen LogP) is 5.30.